The first kappa shape index (κ1) is 14.9. The SMILES string of the molecule is COc1cnc(C(=O)NC2CCc3cc(C#N)ccc32)c(O)c1. The van der Waals surface area contributed by atoms with Crippen LogP contribution in [0.1, 0.15) is 39.6 Å². The van der Waals surface area contributed by atoms with E-state index < -0.39 is 5.91 Å². The number of rotatable bonds is 3. The molecule has 2 aromatic rings. The average molecular weight is 309 g/mol. The molecule has 1 heterocycles. The highest BCUT2D eigenvalue weighted by Crippen LogP contribution is 2.32. The van der Waals surface area contributed by atoms with Gasteiger partial charge in [-0.3, -0.25) is 4.79 Å². The molecule has 6 nitrogen and oxygen atoms in total. The number of hydrogen-bond donors (Lipinski definition) is 2. The molecule has 2 N–H and O–H groups in total. The number of nitrogens with zero attached hydrogens (tertiary/aromatic N) is 2. The van der Waals surface area contributed by atoms with E-state index >= 15 is 0 Å². The number of methoxy groups -OCH3 is 1. The van der Waals surface area contributed by atoms with Crippen molar-refractivity contribution in [3.05, 3.63) is 52.8 Å². The second-order valence-corrected chi connectivity index (χ2v) is 5.33. The Kier molecular flexibility index (Phi) is 3.85. The van der Waals surface area contributed by atoms with Gasteiger partial charge in [-0.2, -0.15) is 5.26 Å². The largest absolute Gasteiger partial charge is 0.505 e. The third-order valence-electron chi connectivity index (χ3n) is 3.95. The van der Waals surface area contributed by atoms with Gasteiger partial charge in [-0.1, -0.05) is 6.07 Å². The molecule has 116 valence electrons. The zero-order valence-corrected chi connectivity index (χ0v) is 12.5. The summed E-state index contributed by atoms with van der Waals surface area (Å²) in [6, 6.07) is 8.78. The number of hydrogen-bond acceptors (Lipinski definition) is 5. The van der Waals surface area contributed by atoms with Crippen molar-refractivity contribution in [2.75, 3.05) is 7.11 Å². The molecule has 1 atom stereocenters. The van der Waals surface area contributed by atoms with E-state index in [0.717, 1.165) is 24.0 Å². The molecular formula is C17H15N3O3. The summed E-state index contributed by atoms with van der Waals surface area (Å²) in [6.07, 6.45) is 2.95. The van der Waals surface area contributed by atoms with Gasteiger partial charge in [0.25, 0.3) is 5.91 Å². The van der Waals surface area contributed by atoms with Crippen LogP contribution in [0.2, 0.25) is 0 Å². The molecular weight excluding hydrogens is 294 g/mol. The Labute approximate surface area is 133 Å². The van der Waals surface area contributed by atoms with Gasteiger partial charge in [-0.05, 0) is 36.1 Å². The van der Waals surface area contributed by atoms with Crippen LogP contribution in [0.3, 0.4) is 0 Å². The number of benzene rings is 1. The molecule has 1 amide bonds. The molecule has 0 saturated heterocycles. The van der Waals surface area contributed by atoms with Crippen LogP contribution in [0.5, 0.6) is 11.5 Å². The Morgan fingerprint density at radius 3 is 3.00 bits per heavy atom. The molecule has 0 spiro atoms. The van der Waals surface area contributed by atoms with Crippen molar-refractivity contribution < 1.29 is 14.6 Å². The number of ether oxygens (including phenoxy) is 1. The Balaban J connectivity index is 1.79. The number of nitriles is 1. The zero-order chi connectivity index (χ0) is 16.4. The van der Waals surface area contributed by atoms with Crippen LogP contribution in [-0.2, 0) is 6.42 Å². The normalized spacial score (nSPS) is 15.6. The van der Waals surface area contributed by atoms with Gasteiger partial charge in [0.15, 0.2) is 11.4 Å². The molecule has 23 heavy (non-hydrogen) atoms. The summed E-state index contributed by atoms with van der Waals surface area (Å²) in [5.74, 6) is -0.276. The van der Waals surface area contributed by atoms with Crippen LogP contribution in [-0.4, -0.2) is 23.1 Å². The van der Waals surface area contributed by atoms with Crippen molar-refractivity contribution in [3.63, 3.8) is 0 Å². The maximum atomic E-state index is 12.3. The van der Waals surface area contributed by atoms with Gasteiger partial charge in [0.2, 0.25) is 0 Å². The Hall–Kier alpha value is -3.07. The Morgan fingerprint density at radius 2 is 2.30 bits per heavy atom. The molecule has 1 aliphatic rings. The molecule has 1 aliphatic carbocycles. The molecule has 0 radical (unpaired) electrons. The van der Waals surface area contributed by atoms with Crippen LogP contribution in [0, 0.1) is 11.3 Å². The van der Waals surface area contributed by atoms with Gasteiger partial charge in [-0.15, -0.1) is 0 Å². The predicted octanol–water partition coefficient (Wildman–Crippen LogP) is 2.08. The van der Waals surface area contributed by atoms with E-state index in [1.54, 1.807) is 6.07 Å². The first-order valence-electron chi connectivity index (χ1n) is 7.19. The highest BCUT2D eigenvalue weighted by molar-refractivity contribution is 5.95. The number of pyridine rings is 1. The maximum absolute atomic E-state index is 12.3. The molecule has 1 aromatic heterocycles. The fourth-order valence-electron chi connectivity index (χ4n) is 2.78. The first-order valence-corrected chi connectivity index (χ1v) is 7.19. The number of aryl methyl sites for hydroxylation is 1. The minimum absolute atomic E-state index is 0.0344. The van der Waals surface area contributed by atoms with E-state index in [9.17, 15) is 9.90 Å². The monoisotopic (exact) mass is 309 g/mol. The summed E-state index contributed by atoms with van der Waals surface area (Å²) in [6.45, 7) is 0. The Bertz CT molecular complexity index is 811. The van der Waals surface area contributed by atoms with Crippen LogP contribution in [0.15, 0.2) is 30.5 Å². The molecule has 0 saturated carbocycles. The summed E-state index contributed by atoms with van der Waals surface area (Å²) >= 11 is 0. The number of carbonyl (C=O) groups excluding carboxylic acids is 1. The smallest absolute Gasteiger partial charge is 0.274 e. The lowest BCUT2D eigenvalue weighted by Crippen LogP contribution is -2.28. The molecule has 3 rings (SSSR count). The zero-order valence-electron chi connectivity index (χ0n) is 12.5. The number of nitrogens with one attached hydrogen (secondary N) is 1. The molecule has 0 fully saturated rings. The van der Waals surface area contributed by atoms with Crippen LogP contribution in [0.25, 0.3) is 0 Å². The van der Waals surface area contributed by atoms with Crippen molar-refractivity contribution >= 4 is 5.91 Å². The first-order chi connectivity index (χ1) is 11.1. The number of aromatic hydroxyl groups is 1. The van der Waals surface area contributed by atoms with Crippen molar-refractivity contribution in [2.24, 2.45) is 0 Å². The van der Waals surface area contributed by atoms with E-state index in [0.29, 0.717) is 11.3 Å². The third kappa shape index (κ3) is 2.81. The highest BCUT2D eigenvalue weighted by atomic mass is 16.5. The minimum atomic E-state index is -0.438. The van der Waals surface area contributed by atoms with Gasteiger partial charge in [0.05, 0.1) is 31.0 Å². The number of carbonyl (C=O) groups is 1. The van der Waals surface area contributed by atoms with Crippen molar-refractivity contribution in [2.45, 2.75) is 18.9 Å². The third-order valence-corrected chi connectivity index (χ3v) is 3.95. The van der Waals surface area contributed by atoms with Gasteiger partial charge in [0.1, 0.15) is 5.75 Å². The number of fused-ring (bicyclic) bond motifs is 1. The highest BCUT2D eigenvalue weighted by Gasteiger charge is 2.26. The van der Waals surface area contributed by atoms with E-state index in [1.165, 1.54) is 19.4 Å². The Morgan fingerprint density at radius 1 is 1.48 bits per heavy atom. The second kappa shape index (κ2) is 5.97. The van der Waals surface area contributed by atoms with E-state index in [4.69, 9.17) is 10.00 Å². The van der Waals surface area contributed by atoms with Crippen LogP contribution in [0.4, 0.5) is 0 Å². The van der Waals surface area contributed by atoms with E-state index in [-0.39, 0.29) is 17.5 Å². The predicted molar refractivity (Wildman–Crippen MR) is 82.1 cm³/mol. The van der Waals surface area contributed by atoms with Gasteiger partial charge >= 0.3 is 0 Å². The van der Waals surface area contributed by atoms with Crippen molar-refractivity contribution in [1.29, 1.82) is 5.26 Å². The molecule has 1 aromatic carbocycles. The maximum Gasteiger partial charge on any atom is 0.274 e. The van der Waals surface area contributed by atoms with Gasteiger partial charge in [0, 0.05) is 6.07 Å². The molecule has 0 aliphatic heterocycles. The fraction of sp³-hybridized carbons (Fsp3) is 0.235. The standard InChI is InChI=1S/C17H15N3O3/c1-23-12-7-15(21)16(19-9-12)17(22)20-14-5-3-11-6-10(8-18)2-4-13(11)14/h2,4,6-7,9,14,21H,3,5H2,1H3,(H,20,22). The van der Waals surface area contributed by atoms with Gasteiger partial charge < -0.3 is 15.2 Å². The molecule has 0 bridgehead atoms. The average Bonchev–Trinajstić information content (AvgIpc) is 2.96. The summed E-state index contributed by atoms with van der Waals surface area (Å²) in [5, 5.41) is 21.7. The van der Waals surface area contributed by atoms with E-state index in [2.05, 4.69) is 16.4 Å². The molecule has 6 heteroatoms. The van der Waals surface area contributed by atoms with Crippen molar-refractivity contribution in [1.82, 2.24) is 10.3 Å². The van der Waals surface area contributed by atoms with Crippen LogP contribution >= 0.6 is 0 Å². The lowest BCUT2D eigenvalue weighted by Gasteiger charge is -2.14. The fourth-order valence-corrected chi connectivity index (χ4v) is 2.78. The summed E-state index contributed by atoms with van der Waals surface area (Å²) < 4.78 is 4.95. The van der Waals surface area contributed by atoms with Gasteiger partial charge in [-0.25, -0.2) is 4.98 Å². The second-order valence-electron chi connectivity index (χ2n) is 5.33. The minimum Gasteiger partial charge on any atom is -0.505 e. The number of amides is 1. The quantitative estimate of drug-likeness (QED) is 0.905. The lowest BCUT2D eigenvalue weighted by molar-refractivity contribution is 0.0928. The number of aromatic nitrogens is 1. The van der Waals surface area contributed by atoms with E-state index in [1.807, 2.05) is 12.1 Å². The van der Waals surface area contributed by atoms with Crippen molar-refractivity contribution in [3.8, 4) is 17.6 Å². The lowest BCUT2D eigenvalue weighted by atomic mass is 10.1. The summed E-state index contributed by atoms with van der Waals surface area (Å²) in [4.78, 5) is 16.3. The summed E-state index contributed by atoms with van der Waals surface area (Å²) in [7, 11) is 1.46. The van der Waals surface area contributed by atoms with Crippen LogP contribution < -0.4 is 10.1 Å². The summed E-state index contributed by atoms with van der Waals surface area (Å²) in [5.41, 5.74) is 2.66. The molecule has 1 unspecified atom stereocenters. The topological polar surface area (TPSA) is 95.2 Å².